The summed E-state index contributed by atoms with van der Waals surface area (Å²) in [6, 6.07) is 2.84. The van der Waals surface area contributed by atoms with Gasteiger partial charge < -0.3 is 4.90 Å². The first kappa shape index (κ1) is 13.1. The van der Waals surface area contributed by atoms with Crippen molar-refractivity contribution in [2.45, 2.75) is 44.7 Å². The highest BCUT2D eigenvalue weighted by molar-refractivity contribution is 4.83. The highest BCUT2D eigenvalue weighted by Gasteiger charge is 2.26. The molecule has 106 valence electrons. The fraction of sp³-hybridized carbons (Fsp3) is 0.800. The standard InChI is InChI=1S/C15H26N4/c1-2-11-18(10-1)15-6-3-8-17(14-15)9-5-13-19-12-4-7-16-19/h4,7,12,15H,1-3,5-6,8-11,13-14H2. The molecule has 4 nitrogen and oxygen atoms in total. The summed E-state index contributed by atoms with van der Waals surface area (Å²) in [4.78, 5) is 5.38. The lowest BCUT2D eigenvalue weighted by Gasteiger charge is -2.37. The van der Waals surface area contributed by atoms with Gasteiger partial charge in [-0.15, -0.1) is 0 Å². The fourth-order valence-electron chi connectivity index (χ4n) is 3.53. The maximum absolute atomic E-state index is 4.27. The number of likely N-dealkylation sites (tertiary alicyclic amines) is 2. The number of piperidine rings is 1. The zero-order chi connectivity index (χ0) is 12.9. The Bertz CT molecular complexity index is 356. The molecular weight excluding hydrogens is 236 g/mol. The van der Waals surface area contributed by atoms with Crippen LogP contribution in [0.2, 0.25) is 0 Å². The van der Waals surface area contributed by atoms with E-state index in [-0.39, 0.29) is 0 Å². The molecule has 3 rings (SSSR count). The second-order valence-electron chi connectivity index (χ2n) is 5.96. The third kappa shape index (κ3) is 3.57. The monoisotopic (exact) mass is 262 g/mol. The molecule has 2 saturated heterocycles. The van der Waals surface area contributed by atoms with Crippen molar-refractivity contribution >= 4 is 0 Å². The second-order valence-corrected chi connectivity index (χ2v) is 5.96. The predicted octanol–water partition coefficient (Wildman–Crippen LogP) is 1.83. The molecule has 1 atom stereocenters. The first-order chi connectivity index (χ1) is 9.42. The van der Waals surface area contributed by atoms with E-state index >= 15 is 0 Å². The Balaban J connectivity index is 1.40. The van der Waals surface area contributed by atoms with E-state index in [1.54, 1.807) is 0 Å². The molecule has 4 heteroatoms. The fourth-order valence-corrected chi connectivity index (χ4v) is 3.53. The first-order valence-corrected chi connectivity index (χ1v) is 7.86. The molecule has 0 amide bonds. The van der Waals surface area contributed by atoms with Crippen molar-refractivity contribution < 1.29 is 0 Å². The molecule has 0 spiro atoms. The van der Waals surface area contributed by atoms with Crippen LogP contribution in [0.25, 0.3) is 0 Å². The summed E-state index contributed by atoms with van der Waals surface area (Å²) in [5.41, 5.74) is 0. The van der Waals surface area contributed by atoms with Gasteiger partial charge in [-0.05, 0) is 64.3 Å². The number of aryl methyl sites for hydroxylation is 1. The number of hydrogen-bond donors (Lipinski definition) is 0. The lowest BCUT2D eigenvalue weighted by molar-refractivity contribution is 0.113. The maximum Gasteiger partial charge on any atom is 0.0489 e. The minimum Gasteiger partial charge on any atom is -0.302 e. The van der Waals surface area contributed by atoms with Gasteiger partial charge in [0, 0.05) is 31.5 Å². The van der Waals surface area contributed by atoms with Crippen molar-refractivity contribution in [3.63, 3.8) is 0 Å². The molecule has 19 heavy (non-hydrogen) atoms. The molecule has 0 N–H and O–H groups in total. The third-order valence-corrected chi connectivity index (χ3v) is 4.56. The Morgan fingerprint density at radius 2 is 1.95 bits per heavy atom. The van der Waals surface area contributed by atoms with Gasteiger partial charge in [-0.2, -0.15) is 5.10 Å². The largest absolute Gasteiger partial charge is 0.302 e. The number of nitrogens with zero attached hydrogens (tertiary/aromatic N) is 4. The van der Waals surface area contributed by atoms with E-state index < -0.39 is 0 Å². The highest BCUT2D eigenvalue weighted by Crippen LogP contribution is 2.20. The van der Waals surface area contributed by atoms with Gasteiger partial charge in [0.05, 0.1) is 0 Å². The summed E-state index contributed by atoms with van der Waals surface area (Å²) in [5, 5.41) is 4.27. The molecule has 0 radical (unpaired) electrons. The van der Waals surface area contributed by atoms with Crippen LogP contribution >= 0.6 is 0 Å². The predicted molar refractivity (Wildman–Crippen MR) is 77.1 cm³/mol. The van der Waals surface area contributed by atoms with Crippen LogP contribution in [0.1, 0.15) is 32.1 Å². The zero-order valence-corrected chi connectivity index (χ0v) is 11.9. The quantitative estimate of drug-likeness (QED) is 0.809. The van der Waals surface area contributed by atoms with Gasteiger partial charge in [-0.3, -0.25) is 9.58 Å². The summed E-state index contributed by atoms with van der Waals surface area (Å²) in [6.07, 6.45) is 10.8. The van der Waals surface area contributed by atoms with Crippen LogP contribution in [0.3, 0.4) is 0 Å². The van der Waals surface area contributed by atoms with Gasteiger partial charge in [-0.25, -0.2) is 0 Å². The van der Waals surface area contributed by atoms with Crippen LogP contribution in [0.5, 0.6) is 0 Å². The van der Waals surface area contributed by atoms with E-state index in [4.69, 9.17) is 0 Å². The average molecular weight is 262 g/mol. The van der Waals surface area contributed by atoms with Crippen molar-refractivity contribution in [1.82, 2.24) is 19.6 Å². The van der Waals surface area contributed by atoms with Crippen molar-refractivity contribution in [1.29, 1.82) is 0 Å². The minimum atomic E-state index is 0.834. The van der Waals surface area contributed by atoms with Gasteiger partial charge >= 0.3 is 0 Å². The van der Waals surface area contributed by atoms with Crippen molar-refractivity contribution in [2.75, 3.05) is 32.7 Å². The van der Waals surface area contributed by atoms with E-state index in [0.29, 0.717) is 0 Å². The summed E-state index contributed by atoms with van der Waals surface area (Å²) in [7, 11) is 0. The average Bonchev–Trinajstić information content (AvgIpc) is 3.12. The van der Waals surface area contributed by atoms with E-state index in [0.717, 1.165) is 12.6 Å². The summed E-state index contributed by atoms with van der Waals surface area (Å²) < 4.78 is 2.04. The molecule has 3 heterocycles. The van der Waals surface area contributed by atoms with E-state index in [1.165, 1.54) is 64.8 Å². The summed E-state index contributed by atoms with van der Waals surface area (Å²) in [5.74, 6) is 0. The maximum atomic E-state index is 4.27. The Kier molecular flexibility index (Phi) is 4.51. The van der Waals surface area contributed by atoms with Crippen molar-refractivity contribution in [3.8, 4) is 0 Å². The molecule has 2 aliphatic heterocycles. The molecule has 2 aliphatic rings. The van der Waals surface area contributed by atoms with Crippen molar-refractivity contribution in [2.24, 2.45) is 0 Å². The number of rotatable bonds is 5. The normalized spacial score (nSPS) is 26.0. The van der Waals surface area contributed by atoms with Crippen LogP contribution in [0.15, 0.2) is 18.5 Å². The molecular formula is C15H26N4. The lowest BCUT2D eigenvalue weighted by Crippen LogP contribution is -2.47. The van der Waals surface area contributed by atoms with Gasteiger partial charge in [0.15, 0.2) is 0 Å². The lowest BCUT2D eigenvalue weighted by atomic mass is 10.0. The molecule has 2 fully saturated rings. The van der Waals surface area contributed by atoms with Crippen LogP contribution in [-0.4, -0.2) is 58.3 Å². The molecule has 1 aromatic rings. The molecule has 0 aliphatic carbocycles. The van der Waals surface area contributed by atoms with E-state index in [2.05, 4.69) is 21.1 Å². The van der Waals surface area contributed by atoms with Crippen LogP contribution in [0, 0.1) is 0 Å². The Hall–Kier alpha value is -0.870. The first-order valence-electron chi connectivity index (χ1n) is 7.86. The van der Waals surface area contributed by atoms with Crippen LogP contribution < -0.4 is 0 Å². The van der Waals surface area contributed by atoms with E-state index in [9.17, 15) is 0 Å². The van der Waals surface area contributed by atoms with Crippen LogP contribution in [-0.2, 0) is 6.54 Å². The second kappa shape index (κ2) is 6.53. The number of aromatic nitrogens is 2. The SMILES string of the molecule is c1cnn(CCCN2CCCC(N3CCCC3)C2)c1. The molecule has 0 aromatic carbocycles. The zero-order valence-electron chi connectivity index (χ0n) is 11.9. The Morgan fingerprint density at radius 3 is 2.74 bits per heavy atom. The minimum absolute atomic E-state index is 0.834. The topological polar surface area (TPSA) is 24.3 Å². The summed E-state index contributed by atoms with van der Waals surface area (Å²) in [6.45, 7) is 7.54. The van der Waals surface area contributed by atoms with E-state index in [1.807, 2.05) is 16.9 Å². The van der Waals surface area contributed by atoms with Crippen LogP contribution in [0.4, 0.5) is 0 Å². The molecule has 0 saturated carbocycles. The third-order valence-electron chi connectivity index (χ3n) is 4.56. The number of hydrogen-bond acceptors (Lipinski definition) is 3. The van der Waals surface area contributed by atoms with Crippen molar-refractivity contribution in [3.05, 3.63) is 18.5 Å². The van der Waals surface area contributed by atoms with Gasteiger partial charge in [0.2, 0.25) is 0 Å². The molecule has 1 unspecified atom stereocenters. The van der Waals surface area contributed by atoms with Gasteiger partial charge in [-0.1, -0.05) is 0 Å². The molecule has 1 aromatic heterocycles. The summed E-state index contributed by atoms with van der Waals surface area (Å²) >= 11 is 0. The smallest absolute Gasteiger partial charge is 0.0489 e. The Morgan fingerprint density at radius 1 is 1.05 bits per heavy atom. The van der Waals surface area contributed by atoms with Gasteiger partial charge in [0.1, 0.15) is 0 Å². The van der Waals surface area contributed by atoms with Gasteiger partial charge in [0.25, 0.3) is 0 Å². The Labute approximate surface area is 116 Å². The molecule has 0 bridgehead atoms. The highest BCUT2D eigenvalue weighted by atomic mass is 15.3.